The topological polar surface area (TPSA) is 52.8 Å². The largest absolute Gasteiger partial charge is 0.411 e. The van der Waals surface area contributed by atoms with E-state index in [1.807, 2.05) is 0 Å². The Kier molecular flexibility index (Phi) is 4.24. The molecule has 2 aromatic rings. The van der Waals surface area contributed by atoms with Crippen molar-refractivity contribution in [3.63, 3.8) is 0 Å². The molecule has 0 fully saturated rings. The fourth-order valence-corrected chi connectivity index (χ4v) is 1.69. The third-order valence-corrected chi connectivity index (χ3v) is 2.43. The van der Waals surface area contributed by atoms with Gasteiger partial charge in [-0.1, -0.05) is 11.6 Å². The minimum atomic E-state index is -4.38. The molecule has 0 aromatic carbocycles. The number of nitrogens with zero attached hydrogens (tertiary/aromatic N) is 4. The maximum Gasteiger partial charge on any atom is 0.411 e. The first-order valence-corrected chi connectivity index (χ1v) is 5.88. The van der Waals surface area contributed by atoms with Crippen LogP contribution in [0.4, 0.5) is 13.2 Å². The second-order valence-corrected chi connectivity index (χ2v) is 4.39. The minimum Gasteiger partial charge on any atom is -0.364 e. The van der Waals surface area contributed by atoms with Crippen LogP contribution in [0.1, 0.15) is 5.82 Å². The van der Waals surface area contributed by atoms with Crippen LogP contribution in [0.2, 0.25) is 5.15 Å². The second kappa shape index (κ2) is 5.76. The molecule has 9 heteroatoms. The van der Waals surface area contributed by atoms with Crippen molar-refractivity contribution < 1.29 is 17.9 Å². The molecule has 2 rings (SSSR count). The number of rotatable bonds is 4. The van der Waals surface area contributed by atoms with E-state index in [2.05, 4.69) is 19.8 Å². The molecule has 0 N–H and O–H groups in total. The summed E-state index contributed by atoms with van der Waals surface area (Å²) < 4.78 is 42.0. The molecule has 0 aliphatic rings. The van der Waals surface area contributed by atoms with Crippen molar-refractivity contribution in [1.29, 1.82) is 0 Å². The van der Waals surface area contributed by atoms with Crippen LogP contribution in [0.25, 0.3) is 11.3 Å². The van der Waals surface area contributed by atoms with Gasteiger partial charge in [-0.25, -0.2) is 9.97 Å². The molecule has 0 saturated carbocycles. The fraction of sp³-hybridized carbons (Fsp3) is 0.364. The van der Waals surface area contributed by atoms with E-state index in [0.29, 0.717) is 11.3 Å². The highest BCUT2D eigenvalue weighted by Gasteiger charge is 2.27. The summed E-state index contributed by atoms with van der Waals surface area (Å²) in [5.41, 5.74) is 1.16. The van der Waals surface area contributed by atoms with E-state index in [4.69, 9.17) is 11.6 Å². The number of hydrogen-bond acceptors (Lipinski definition) is 4. The number of aryl methyl sites for hydroxylation is 1. The molecule has 5 nitrogen and oxygen atoms in total. The van der Waals surface area contributed by atoms with Crippen LogP contribution in [-0.4, -0.2) is 32.5 Å². The Hall–Kier alpha value is -1.67. The van der Waals surface area contributed by atoms with Gasteiger partial charge >= 0.3 is 6.18 Å². The van der Waals surface area contributed by atoms with Crippen LogP contribution in [0.3, 0.4) is 0 Å². The Balaban J connectivity index is 2.13. The number of alkyl halides is 3. The number of hydrogen-bond donors (Lipinski definition) is 0. The fourth-order valence-electron chi connectivity index (χ4n) is 1.49. The lowest BCUT2D eigenvalue weighted by atomic mass is 10.2. The lowest BCUT2D eigenvalue weighted by Crippen LogP contribution is -2.17. The Morgan fingerprint density at radius 2 is 2.10 bits per heavy atom. The van der Waals surface area contributed by atoms with Crippen LogP contribution in [0.5, 0.6) is 0 Å². The van der Waals surface area contributed by atoms with Gasteiger partial charge in [0.25, 0.3) is 0 Å². The van der Waals surface area contributed by atoms with Gasteiger partial charge in [0.05, 0.1) is 11.9 Å². The molecule has 0 aliphatic carbocycles. The molecule has 2 heterocycles. The summed E-state index contributed by atoms with van der Waals surface area (Å²) in [5.74, 6) is 0.0839. The Labute approximate surface area is 117 Å². The zero-order valence-corrected chi connectivity index (χ0v) is 11.1. The Morgan fingerprint density at radius 1 is 1.35 bits per heavy atom. The highest BCUT2D eigenvalue weighted by atomic mass is 35.5. The van der Waals surface area contributed by atoms with E-state index in [1.54, 1.807) is 24.1 Å². The van der Waals surface area contributed by atoms with Crippen molar-refractivity contribution in [2.24, 2.45) is 7.05 Å². The van der Waals surface area contributed by atoms with Crippen LogP contribution in [-0.2, 0) is 18.4 Å². The van der Waals surface area contributed by atoms with E-state index < -0.39 is 12.8 Å². The van der Waals surface area contributed by atoms with Crippen LogP contribution >= 0.6 is 11.6 Å². The highest BCUT2D eigenvalue weighted by molar-refractivity contribution is 6.29. The molecular formula is C11H10ClF3N4O. The Morgan fingerprint density at radius 3 is 2.70 bits per heavy atom. The van der Waals surface area contributed by atoms with Gasteiger partial charge in [-0.05, 0) is 0 Å². The third-order valence-electron chi connectivity index (χ3n) is 2.24. The first-order chi connectivity index (χ1) is 9.33. The normalized spacial score (nSPS) is 11.8. The molecule has 0 saturated heterocycles. The summed E-state index contributed by atoms with van der Waals surface area (Å²) in [6, 6.07) is 1.51. The SMILES string of the molecule is Cn1cc(-c2cc(Cl)nc(COCC(F)(F)F)n2)cn1. The average molecular weight is 307 g/mol. The number of halogens is 4. The van der Waals surface area contributed by atoms with Gasteiger partial charge in [-0.3, -0.25) is 4.68 Å². The zero-order valence-electron chi connectivity index (χ0n) is 10.4. The Bertz CT molecular complexity index is 600. The second-order valence-electron chi connectivity index (χ2n) is 4.00. The van der Waals surface area contributed by atoms with E-state index in [0.717, 1.165) is 0 Å². The van der Waals surface area contributed by atoms with Crippen molar-refractivity contribution >= 4 is 11.6 Å². The van der Waals surface area contributed by atoms with E-state index >= 15 is 0 Å². The molecular weight excluding hydrogens is 297 g/mol. The van der Waals surface area contributed by atoms with Crippen molar-refractivity contribution in [3.8, 4) is 11.3 Å². The van der Waals surface area contributed by atoms with Gasteiger partial charge in [0.1, 0.15) is 18.4 Å². The van der Waals surface area contributed by atoms with E-state index in [1.165, 1.54) is 6.07 Å². The predicted octanol–water partition coefficient (Wildman–Crippen LogP) is 2.61. The first-order valence-electron chi connectivity index (χ1n) is 5.50. The van der Waals surface area contributed by atoms with Gasteiger partial charge in [0.15, 0.2) is 5.82 Å². The maximum absolute atomic E-state index is 12.0. The average Bonchev–Trinajstić information content (AvgIpc) is 2.73. The number of ether oxygens (including phenoxy) is 1. The van der Waals surface area contributed by atoms with Crippen molar-refractivity contribution in [2.45, 2.75) is 12.8 Å². The molecule has 0 spiro atoms. The van der Waals surface area contributed by atoms with Crippen molar-refractivity contribution in [3.05, 3.63) is 29.4 Å². The molecule has 0 bridgehead atoms. The summed E-state index contributed by atoms with van der Waals surface area (Å²) in [4.78, 5) is 7.92. The van der Waals surface area contributed by atoms with Gasteiger partial charge in [0, 0.05) is 24.9 Å². The van der Waals surface area contributed by atoms with Crippen LogP contribution in [0.15, 0.2) is 18.5 Å². The summed E-state index contributed by atoms with van der Waals surface area (Å²) in [5, 5.41) is 4.11. The molecule has 2 aromatic heterocycles. The van der Waals surface area contributed by atoms with E-state index in [-0.39, 0.29) is 17.6 Å². The summed E-state index contributed by atoms with van der Waals surface area (Å²) in [6.07, 6.45) is -1.11. The van der Waals surface area contributed by atoms with Gasteiger partial charge in [-0.15, -0.1) is 0 Å². The molecule has 0 radical (unpaired) electrons. The van der Waals surface area contributed by atoms with E-state index in [9.17, 15) is 13.2 Å². The highest BCUT2D eigenvalue weighted by Crippen LogP contribution is 2.20. The lowest BCUT2D eigenvalue weighted by molar-refractivity contribution is -0.177. The summed E-state index contributed by atoms with van der Waals surface area (Å²) >= 11 is 5.82. The maximum atomic E-state index is 12.0. The third kappa shape index (κ3) is 4.17. The molecule has 0 unspecified atom stereocenters. The summed E-state index contributed by atoms with van der Waals surface area (Å²) in [7, 11) is 1.74. The monoisotopic (exact) mass is 306 g/mol. The molecule has 0 amide bonds. The zero-order chi connectivity index (χ0) is 14.8. The molecule has 0 atom stereocenters. The minimum absolute atomic E-state index is 0.0839. The standard InChI is InChI=1S/C11H10ClF3N4O/c1-19-4-7(3-16-19)8-2-9(12)18-10(17-8)5-20-6-11(13,14)15/h2-4H,5-6H2,1H3. The van der Waals surface area contributed by atoms with Crippen molar-refractivity contribution in [2.75, 3.05) is 6.61 Å². The molecule has 108 valence electrons. The van der Waals surface area contributed by atoms with Crippen molar-refractivity contribution in [1.82, 2.24) is 19.7 Å². The first kappa shape index (κ1) is 14.7. The molecule has 20 heavy (non-hydrogen) atoms. The predicted molar refractivity (Wildman–Crippen MR) is 65.0 cm³/mol. The lowest BCUT2D eigenvalue weighted by Gasteiger charge is -2.07. The molecule has 0 aliphatic heterocycles. The van der Waals surface area contributed by atoms with Gasteiger partial charge in [-0.2, -0.15) is 18.3 Å². The number of aromatic nitrogens is 4. The van der Waals surface area contributed by atoms with Gasteiger partial charge < -0.3 is 4.74 Å². The quantitative estimate of drug-likeness (QED) is 0.815. The van der Waals surface area contributed by atoms with Crippen LogP contribution in [0, 0.1) is 0 Å². The van der Waals surface area contributed by atoms with Gasteiger partial charge in [0.2, 0.25) is 0 Å². The smallest absolute Gasteiger partial charge is 0.364 e. The van der Waals surface area contributed by atoms with Crippen LogP contribution < -0.4 is 0 Å². The summed E-state index contributed by atoms with van der Waals surface area (Å²) in [6.45, 7) is -1.72.